The Kier molecular flexibility index (Phi) is 3.05. The molecule has 3 heteroatoms. The van der Waals surface area contributed by atoms with Crippen LogP contribution >= 0.6 is 0 Å². The maximum absolute atomic E-state index is 9.22. The third-order valence-corrected chi connectivity index (χ3v) is 2.06. The van der Waals surface area contributed by atoms with Crippen molar-refractivity contribution in [2.45, 2.75) is 31.6 Å². The summed E-state index contributed by atoms with van der Waals surface area (Å²) in [6.45, 7) is 0. The van der Waals surface area contributed by atoms with Gasteiger partial charge in [0.1, 0.15) is 6.23 Å². The van der Waals surface area contributed by atoms with E-state index in [1.165, 1.54) is 0 Å². The summed E-state index contributed by atoms with van der Waals surface area (Å²) in [7, 11) is 0. The van der Waals surface area contributed by atoms with Crippen molar-refractivity contribution in [1.29, 1.82) is 0 Å². The molecule has 0 spiro atoms. The molecule has 0 heterocycles. The molecule has 4 N–H and O–H groups in total. The van der Waals surface area contributed by atoms with Gasteiger partial charge in [0.2, 0.25) is 0 Å². The molecule has 0 aromatic heterocycles. The molecule has 0 amide bonds. The van der Waals surface area contributed by atoms with Crippen LogP contribution in [0.5, 0.6) is 0 Å². The van der Waals surface area contributed by atoms with E-state index in [1.807, 2.05) is 12.2 Å². The summed E-state index contributed by atoms with van der Waals surface area (Å²) in [4.78, 5) is 0. The first-order valence-corrected chi connectivity index (χ1v) is 3.98. The molecule has 0 saturated carbocycles. The lowest BCUT2D eigenvalue weighted by Crippen LogP contribution is -2.28. The lowest BCUT2D eigenvalue weighted by molar-refractivity contribution is 0.116. The van der Waals surface area contributed by atoms with Gasteiger partial charge in [-0.3, -0.25) is 0 Å². The number of aliphatic hydroxyl groups excluding tert-OH is 2. The molecule has 0 fully saturated rings. The van der Waals surface area contributed by atoms with Crippen molar-refractivity contribution < 1.29 is 10.2 Å². The van der Waals surface area contributed by atoms with Crippen LogP contribution in [-0.4, -0.2) is 22.5 Å². The molecule has 3 atom stereocenters. The third kappa shape index (κ3) is 2.61. The van der Waals surface area contributed by atoms with Crippen molar-refractivity contribution in [1.82, 2.24) is 0 Å². The van der Waals surface area contributed by atoms with Gasteiger partial charge in [-0.05, 0) is 19.3 Å². The molecule has 0 aliphatic heterocycles. The highest BCUT2D eigenvalue weighted by atomic mass is 16.3. The first kappa shape index (κ1) is 8.71. The normalized spacial score (nSPS) is 34.8. The van der Waals surface area contributed by atoms with Crippen LogP contribution in [-0.2, 0) is 0 Å². The second-order valence-corrected chi connectivity index (χ2v) is 3.05. The summed E-state index contributed by atoms with van der Waals surface area (Å²) in [6, 6.07) is 0. The molecule has 0 aromatic carbocycles. The molecule has 11 heavy (non-hydrogen) atoms. The standard InChI is InChI=1S/C8H15NO2/c9-8(11)6-2-1-3-7(10)5-4-6/h1-2,6-8,10-11H,3-5,9H2. The molecule has 1 aliphatic carbocycles. The topological polar surface area (TPSA) is 66.5 Å². The number of hydrogen-bond acceptors (Lipinski definition) is 3. The average Bonchev–Trinajstić information content (AvgIpc) is 2.13. The summed E-state index contributed by atoms with van der Waals surface area (Å²) in [5.74, 6) is 0.0205. The van der Waals surface area contributed by atoms with Crippen LogP contribution < -0.4 is 5.73 Å². The van der Waals surface area contributed by atoms with Gasteiger partial charge in [0, 0.05) is 5.92 Å². The van der Waals surface area contributed by atoms with Crippen LogP contribution in [0.25, 0.3) is 0 Å². The fourth-order valence-corrected chi connectivity index (χ4v) is 1.29. The van der Waals surface area contributed by atoms with Gasteiger partial charge >= 0.3 is 0 Å². The van der Waals surface area contributed by atoms with Gasteiger partial charge in [-0.2, -0.15) is 0 Å². The summed E-state index contributed by atoms with van der Waals surface area (Å²) in [6.07, 6.45) is 4.93. The van der Waals surface area contributed by atoms with Crippen molar-refractivity contribution >= 4 is 0 Å². The maximum Gasteiger partial charge on any atom is 0.108 e. The monoisotopic (exact) mass is 157 g/mol. The maximum atomic E-state index is 9.22. The van der Waals surface area contributed by atoms with Crippen LogP contribution in [0, 0.1) is 5.92 Å². The molecule has 0 saturated heterocycles. The summed E-state index contributed by atoms with van der Waals surface area (Å²) in [5, 5.41) is 18.2. The molecule has 0 bridgehead atoms. The van der Waals surface area contributed by atoms with E-state index in [9.17, 15) is 5.11 Å². The van der Waals surface area contributed by atoms with E-state index in [0.717, 1.165) is 12.8 Å². The van der Waals surface area contributed by atoms with E-state index in [4.69, 9.17) is 10.8 Å². The fourth-order valence-electron chi connectivity index (χ4n) is 1.29. The minimum absolute atomic E-state index is 0.0205. The van der Waals surface area contributed by atoms with Crippen molar-refractivity contribution in [3.05, 3.63) is 12.2 Å². The van der Waals surface area contributed by atoms with E-state index in [1.54, 1.807) is 0 Å². The van der Waals surface area contributed by atoms with E-state index < -0.39 is 6.23 Å². The van der Waals surface area contributed by atoms with E-state index in [0.29, 0.717) is 6.42 Å². The minimum Gasteiger partial charge on any atom is -0.393 e. The van der Waals surface area contributed by atoms with Gasteiger partial charge in [-0.1, -0.05) is 12.2 Å². The predicted molar refractivity (Wildman–Crippen MR) is 42.7 cm³/mol. The van der Waals surface area contributed by atoms with Crippen LogP contribution in [0.3, 0.4) is 0 Å². The van der Waals surface area contributed by atoms with Gasteiger partial charge in [0.05, 0.1) is 6.10 Å². The van der Waals surface area contributed by atoms with Gasteiger partial charge in [0.15, 0.2) is 0 Å². The SMILES string of the molecule is NC(O)C1C=CCC(O)CC1. The second-order valence-electron chi connectivity index (χ2n) is 3.05. The minimum atomic E-state index is -0.781. The summed E-state index contributed by atoms with van der Waals surface area (Å²) in [5.41, 5.74) is 5.30. The molecule has 3 nitrogen and oxygen atoms in total. The van der Waals surface area contributed by atoms with E-state index in [-0.39, 0.29) is 12.0 Å². The predicted octanol–water partition coefficient (Wildman–Crippen LogP) is -0.0193. The number of aliphatic hydroxyl groups is 2. The van der Waals surface area contributed by atoms with Crippen molar-refractivity contribution in [3.63, 3.8) is 0 Å². The number of nitrogens with two attached hydrogens (primary N) is 1. The highest BCUT2D eigenvalue weighted by molar-refractivity contribution is 4.95. The zero-order chi connectivity index (χ0) is 8.27. The Hall–Kier alpha value is -0.380. The van der Waals surface area contributed by atoms with Crippen LogP contribution in [0.2, 0.25) is 0 Å². The highest BCUT2D eigenvalue weighted by Gasteiger charge is 2.16. The highest BCUT2D eigenvalue weighted by Crippen LogP contribution is 2.18. The second kappa shape index (κ2) is 3.85. The molecule has 64 valence electrons. The lowest BCUT2D eigenvalue weighted by atomic mass is 10.0. The molecule has 0 radical (unpaired) electrons. The van der Waals surface area contributed by atoms with Crippen molar-refractivity contribution in [2.75, 3.05) is 0 Å². The Morgan fingerprint density at radius 3 is 2.82 bits per heavy atom. The number of hydrogen-bond donors (Lipinski definition) is 3. The zero-order valence-electron chi connectivity index (χ0n) is 6.48. The van der Waals surface area contributed by atoms with E-state index >= 15 is 0 Å². The Labute approximate surface area is 66.5 Å². The Morgan fingerprint density at radius 2 is 2.18 bits per heavy atom. The van der Waals surface area contributed by atoms with Gasteiger partial charge < -0.3 is 15.9 Å². The molecule has 1 aliphatic rings. The zero-order valence-corrected chi connectivity index (χ0v) is 6.48. The van der Waals surface area contributed by atoms with E-state index in [2.05, 4.69) is 0 Å². The first-order valence-electron chi connectivity index (χ1n) is 3.98. The van der Waals surface area contributed by atoms with Crippen LogP contribution in [0.4, 0.5) is 0 Å². The smallest absolute Gasteiger partial charge is 0.108 e. The average molecular weight is 157 g/mol. The quantitative estimate of drug-likeness (QED) is 0.370. The Morgan fingerprint density at radius 1 is 1.45 bits per heavy atom. The lowest BCUT2D eigenvalue weighted by Gasteiger charge is -2.14. The molecular weight excluding hydrogens is 142 g/mol. The summed E-state index contributed by atoms with van der Waals surface area (Å²) < 4.78 is 0. The first-order chi connectivity index (χ1) is 5.20. The Balaban J connectivity index is 2.45. The molecular formula is C8H15NO2. The number of rotatable bonds is 1. The van der Waals surface area contributed by atoms with Crippen LogP contribution in [0.15, 0.2) is 12.2 Å². The fraction of sp³-hybridized carbons (Fsp3) is 0.750. The Bertz CT molecular complexity index is 145. The molecule has 0 aromatic rings. The van der Waals surface area contributed by atoms with Crippen LogP contribution in [0.1, 0.15) is 19.3 Å². The van der Waals surface area contributed by atoms with Gasteiger partial charge in [-0.25, -0.2) is 0 Å². The summed E-state index contributed by atoms with van der Waals surface area (Å²) >= 11 is 0. The molecule has 3 unspecified atom stereocenters. The molecule has 1 rings (SSSR count). The third-order valence-electron chi connectivity index (χ3n) is 2.06. The van der Waals surface area contributed by atoms with Gasteiger partial charge in [-0.15, -0.1) is 0 Å². The van der Waals surface area contributed by atoms with Gasteiger partial charge in [0.25, 0.3) is 0 Å². The van der Waals surface area contributed by atoms with Crippen molar-refractivity contribution in [3.8, 4) is 0 Å². The largest absolute Gasteiger partial charge is 0.393 e. The van der Waals surface area contributed by atoms with Crippen molar-refractivity contribution in [2.24, 2.45) is 11.7 Å².